The zero-order valence-corrected chi connectivity index (χ0v) is 11.8. The zero-order chi connectivity index (χ0) is 15.9. The Kier molecular flexibility index (Phi) is 4.87. The summed E-state index contributed by atoms with van der Waals surface area (Å²) in [5, 5.41) is 10.00. The Balaban J connectivity index is 2.29. The highest BCUT2D eigenvalue weighted by Crippen LogP contribution is 2.12. The van der Waals surface area contributed by atoms with Crippen LogP contribution in [-0.2, 0) is 6.54 Å². The van der Waals surface area contributed by atoms with Crippen LogP contribution in [0, 0.1) is 0 Å². The summed E-state index contributed by atoms with van der Waals surface area (Å²) in [5.74, 6) is -0.405. The maximum absolute atomic E-state index is 11.7. The minimum Gasteiger partial charge on any atom is -0.494 e. The first-order chi connectivity index (χ1) is 10.6. The van der Waals surface area contributed by atoms with E-state index in [1.54, 1.807) is 0 Å². The van der Waals surface area contributed by atoms with Crippen LogP contribution < -0.4 is 11.2 Å². The number of hydrogen-bond acceptors (Lipinski definition) is 4. The lowest BCUT2D eigenvalue weighted by Gasteiger charge is -2.06. The van der Waals surface area contributed by atoms with E-state index in [9.17, 15) is 14.7 Å². The molecular formula is C16H15N3O3. The molecular weight excluding hydrogens is 282 g/mol. The summed E-state index contributed by atoms with van der Waals surface area (Å²) in [6.07, 6.45) is 5.85. The van der Waals surface area contributed by atoms with Crippen molar-refractivity contribution in [3.8, 4) is 5.88 Å². The van der Waals surface area contributed by atoms with E-state index in [4.69, 9.17) is 0 Å². The van der Waals surface area contributed by atoms with Gasteiger partial charge < -0.3 is 5.11 Å². The van der Waals surface area contributed by atoms with Crippen molar-refractivity contribution in [1.29, 1.82) is 0 Å². The van der Waals surface area contributed by atoms with Gasteiger partial charge in [-0.15, -0.1) is 6.58 Å². The molecule has 22 heavy (non-hydrogen) atoms. The molecule has 0 amide bonds. The van der Waals surface area contributed by atoms with Gasteiger partial charge in [0.1, 0.15) is 5.56 Å². The fourth-order valence-electron chi connectivity index (χ4n) is 1.81. The van der Waals surface area contributed by atoms with Gasteiger partial charge in [0.2, 0.25) is 5.88 Å². The van der Waals surface area contributed by atoms with E-state index in [0.717, 1.165) is 10.3 Å². The second-order valence-corrected chi connectivity index (χ2v) is 4.37. The number of aromatic amines is 1. The molecule has 6 nitrogen and oxygen atoms in total. The predicted octanol–water partition coefficient (Wildman–Crippen LogP) is 1.84. The lowest BCUT2D eigenvalue weighted by molar-refractivity contribution is 0.409. The maximum atomic E-state index is 11.7. The number of aromatic hydroxyl groups is 1. The van der Waals surface area contributed by atoms with Crippen LogP contribution in [0.4, 0.5) is 5.69 Å². The second-order valence-electron chi connectivity index (χ2n) is 4.37. The first-order valence-electron chi connectivity index (χ1n) is 6.56. The number of nitrogens with one attached hydrogen (secondary N) is 1. The number of benzene rings is 1. The van der Waals surface area contributed by atoms with Crippen LogP contribution in [0.5, 0.6) is 5.88 Å². The molecule has 0 unspecified atom stereocenters. The molecule has 0 aliphatic carbocycles. The molecule has 1 aromatic heterocycles. The quantitative estimate of drug-likeness (QED) is 0.652. The lowest BCUT2D eigenvalue weighted by atomic mass is 10.3. The third-order valence-corrected chi connectivity index (χ3v) is 2.85. The molecule has 0 bridgehead atoms. The van der Waals surface area contributed by atoms with Crippen molar-refractivity contribution in [2.75, 3.05) is 0 Å². The van der Waals surface area contributed by atoms with Crippen molar-refractivity contribution in [3.05, 3.63) is 75.5 Å². The molecule has 1 heterocycles. The molecule has 1 aromatic carbocycles. The molecule has 6 heteroatoms. The number of H-pyrrole nitrogens is 1. The fraction of sp³-hybridized carbons (Fsp3) is 0.0625. The summed E-state index contributed by atoms with van der Waals surface area (Å²) in [6, 6.07) is 9.27. The van der Waals surface area contributed by atoms with Crippen LogP contribution in [0.15, 0.2) is 63.6 Å². The van der Waals surface area contributed by atoms with E-state index in [0.29, 0.717) is 0 Å². The number of aromatic nitrogens is 2. The van der Waals surface area contributed by atoms with Crippen LogP contribution in [0.25, 0.3) is 6.08 Å². The number of aliphatic imine (C=N–C) groups is 1. The number of para-hydroxylation sites is 1. The molecule has 0 spiro atoms. The summed E-state index contributed by atoms with van der Waals surface area (Å²) < 4.78 is 1.02. The molecule has 112 valence electrons. The van der Waals surface area contributed by atoms with Crippen molar-refractivity contribution < 1.29 is 5.11 Å². The lowest BCUT2D eigenvalue weighted by Crippen LogP contribution is -2.31. The first-order valence-corrected chi connectivity index (χ1v) is 6.56. The Morgan fingerprint density at radius 1 is 1.27 bits per heavy atom. The summed E-state index contributed by atoms with van der Waals surface area (Å²) in [6.45, 7) is 3.59. The van der Waals surface area contributed by atoms with E-state index in [2.05, 4.69) is 16.6 Å². The van der Waals surface area contributed by atoms with Crippen LogP contribution >= 0.6 is 0 Å². The topological polar surface area (TPSA) is 87.4 Å². The van der Waals surface area contributed by atoms with E-state index >= 15 is 0 Å². The molecule has 0 saturated carbocycles. The Morgan fingerprint density at radius 2 is 2.00 bits per heavy atom. The highest BCUT2D eigenvalue weighted by atomic mass is 16.3. The smallest absolute Gasteiger partial charge is 0.331 e. The zero-order valence-electron chi connectivity index (χ0n) is 11.8. The standard InChI is InChI=1S/C16H15N3O3/c1-2-11-19-15(21)13(14(20)18-16(19)22)9-6-10-17-12-7-4-3-5-8-12/h2-10,21H,1,11H2,(H,18,20,22)/b9-6+,17-10?. The molecule has 0 saturated heterocycles. The number of hydrogen-bond donors (Lipinski definition) is 2. The van der Waals surface area contributed by atoms with Crippen molar-refractivity contribution >= 4 is 18.0 Å². The van der Waals surface area contributed by atoms with Crippen LogP contribution in [-0.4, -0.2) is 20.9 Å². The monoisotopic (exact) mass is 297 g/mol. The number of rotatable bonds is 5. The maximum Gasteiger partial charge on any atom is 0.331 e. The largest absolute Gasteiger partial charge is 0.494 e. The molecule has 0 aliphatic heterocycles. The van der Waals surface area contributed by atoms with Gasteiger partial charge in [0.05, 0.1) is 5.69 Å². The highest BCUT2D eigenvalue weighted by molar-refractivity contribution is 5.80. The first kappa shape index (κ1) is 15.2. The molecule has 0 atom stereocenters. The molecule has 2 aromatic rings. The minimum atomic E-state index is -0.683. The molecule has 2 rings (SSSR count). The third-order valence-electron chi connectivity index (χ3n) is 2.85. The average Bonchev–Trinajstić information content (AvgIpc) is 2.51. The summed E-state index contributed by atoms with van der Waals surface area (Å²) in [5.41, 5.74) is -0.590. The molecule has 0 fully saturated rings. The fourth-order valence-corrected chi connectivity index (χ4v) is 1.81. The number of allylic oxidation sites excluding steroid dienone is 2. The number of nitrogens with zero attached hydrogens (tertiary/aromatic N) is 2. The Labute approximate surface area is 126 Å². The van der Waals surface area contributed by atoms with Gasteiger partial charge in [0.15, 0.2) is 0 Å². The van der Waals surface area contributed by atoms with Crippen molar-refractivity contribution in [3.63, 3.8) is 0 Å². The van der Waals surface area contributed by atoms with Gasteiger partial charge in [-0.3, -0.25) is 19.3 Å². The van der Waals surface area contributed by atoms with E-state index in [-0.39, 0.29) is 12.1 Å². The Morgan fingerprint density at radius 3 is 2.68 bits per heavy atom. The Hall–Kier alpha value is -3.15. The van der Waals surface area contributed by atoms with Gasteiger partial charge in [0, 0.05) is 12.8 Å². The van der Waals surface area contributed by atoms with Gasteiger partial charge in [-0.1, -0.05) is 24.3 Å². The van der Waals surface area contributed by atoms with Gasteiger partial charge in [-0.2, -0.15) is 0 Å². The van der Waals surface area contributed by atoms with E-state index < -0.39 is 17.1 Å². The van der Waals surface area contributed by atoms with Gasteiger partial charge in [-0.05, 0) is 24.3 Å². The van der Waals surface area contributed by atoms with Crippen LogP contribution in [0.2, 0.25) is 0 Å². The summed E-state index contributed by atoms with van der Waals surface area (Å²) in [7, 11) is 0. The van der Waals surface area contributed by atoms with Crippen LogP contribution in [0.1, 0.15) is 5.56 Å². The molecule has 0 radical (unpaired) electrons. The van der Waals surface area contributed by atoms with E-state index in [1.165, 1.54) is 24.4 Å². The predicted molar refractivity (Wildman–Crippen MR) is 86.8 cm³/mol. The van der Waals surface area contributed by atoms with Crippen molar-refractivity contribution in [2.24, 2.45) is 4.99 Å². The normalized spacial score (nSPS) is 11.3. The molecule has 2 N–H and O–H groups in total. The molecule has 0 aliphatic rings. The Bertz CT molecular complexity index is 830. The highest BCUT2D eigenvalue weighted by Gasteiger charge is 2.10. The second kappa shape index (κ2) is 7.03. The van der Waals surface area contributed by atoms with E-state index in [1.807, 2.05) is 30.3 Å². The summed E-state index contributed by atoms with van der Waals surface area (Å²) in [4.78, 5) is 29.6. The average molecular weight is 297 g/mol. The SMILES string of the molecule is C=CCn1c(O)c(/C=C/C=Nc2ccccc2)c(=O)[nH]c1=O. The van der Waals surface area contributed by atoms with Gasteiger partial charge in [0.25, 0.3) is 5.56 Å². The van der Waals surface area contributed by atoms with Crippen molar-refractivity contribution in [2.45, 2.75) is 6.54 Å². The summed E-state index contributed by atoms with van der Waals surface area (Å²) >= 11 is 0. The van der Waals surface area contributed by atoms with Gasteiger partial charge >= 0.3 is 5.69 Å². The van der Waals surface area contributed by atoms with Gasteiger partial charge in [-0.25, -0.2) is 4.79 Å². The minimum absolute atomic E-state index is 0.0130. The van der Waals surface area contributed by atoms with Crippen molar-refractivity contribution in [1.82, 2.24) is 9.55 Å². The van der Waals surface area contributed by atoms with Crippen LogP contribution in [0.3, 0.4) is 0 Å². The third kappa shape index (κ3) is 3.49.